The zero-order chi connectivity index (χ0) is 22.8. The number of aryl methyl sites for hydroxylation is 2. The molecule has 0 spiro atoms. The van der Waals surface area contributed by atoms with E-state index >= 15 is 0 Å². The molecule has 0 unspecified atom stereocenters. The van der Waals surface area contributed by atoms with Crippen LogP contribution in [0.5, 0.6) is 0 Å². The minimum Gasteiger partial charge on any atom is -0.310 e. The van der Waals surface area contributed by atoms with Crippen LogP contribution in [-0.2, 0) is 4.79 Å². The van der Waals surface area contributed by atoms with Crippen molar-refractivity contribution in [3.8, 4) is 16.9 Å². The fourth-order valence-corrected chi connectivity index (χ4v) is 4.33. The van der Waals surface area contributed by atoms with Gasteiger partial charge >= 0.3 is 0 Å². The van der Waals surface area contributed by atoms with Crippen LogP contribution in [0, 0.1) is 13.8 Å². The summed E-state index contributed by atoms with van der Waals surface area (Å²) in [6.45, 7) is 4.12. The summed E-state index contributed by atoms with van der Waals surface area (Å²) in [5.74, 6) is 0.681. The molecule has 0 saturated carbocycles. The molecule has 7 nitrogen and oxygen atoms in total. The van der Waals surface area contributed by atoms with E-state index in [0.29, 0.717) is 11.0 Å². The molecule has 1 amide bonds. The number of para-hydroxylation sites is 1. The molecule has 0 aliphatic carbocycles. The summed E-state index contributed by atoms with van der Waals surface area (Å²) in [5.41, 5.74) is 5.77. The average Bonchev–Trinajstić information content (AvgIpc) is 3.44. The molecule has 0 radical (unpaired) electrons. The van der Waals surface area contributed by atoms with Gasteiger partial charge in [0.1, 0.15) is 5.82 Å². The summed E-state index contributed by atoms with van der Waals surface area (Å²) < 4.78 is 3.64. The number of carbonyl (C=O) groups excluding carboxylic acids is 1. The van der Waals surface area contributed by atoms with Crippen LogP contribution >= 0.6 is 11.8 Å². The lowest BCUT2D eigenvalue weighted by atomic mass is 10.0. The number of rotatable bonds is 6. The Hall–Kier alpha value is -3.91. The van der Waals surface area contributed by atoms with Crippen molar-refractivity contribution in [3.05, 3.63) is 90.1 Å². The molecule has 0 saturated heterocycles. The van der Waals surface area contributed by atoms with Crippen molar-refractivity contribution in [2.45, 2.75) is 19.0 Å². The fraction of sp³-hybridized carbons (Fsp3) is 0.120. The second kappa shape index (κ2) is 8.91. The standard InChI is InChI=1S/C25H22N6OS/c1-17-11-12-18(2)20(14-17)21-15-23(31(29-21)19-8-4-3-5-9-19)26-24(32)16-33-25-28-27-22-10-6-7-13-30(22)25/h3-15H,16H2,1-2H3,(H,26,32). The summed E-state index contributed by atoms with van der Waals surface area (Å²) >= 11 is 1.34. The van der Waals surface area contributed by atoms with E-state index < -0.39 is 0 Å². The van der Waals surface area contributed by atoms with Gasteiger partial charge in [-0.2, -0.15) is 5.10 Å². The minimum atomic E-state index is -0.141. The maximum Gasteiger partial charge on any atom is 0.236 e. The number of pyridine rings is 1. The molecule has 5 aromatic rings. The van der Waals surface area contributed by atoms with Gasteiger partial charge in [-0.3, -0.25) is 9.20 Å². The van der Waals surface area contributed by atoms with Gasteiger partial charge < -0.3 is 5.32 Å². The Labute approximate surface area is 195 Å². The Bertz CT molecular complexity index is 1440. The minimum absolute atomic E-state index is 0.141. The molecule has 164 valence electrons. The SMILES string of the molecule is Cc1ccc(C)c(-c2cc(NC(=O)CSc3nnc4ccccn34)n(-c3ccccc3)n2)c1. The molecule has 0 atom stereocenters. The first-order valence-electron chi connectivity index (χ1n) is 10.5. The van der Waals surface area contributed by atoms with Gasteiger partial charge in [-0.1, -0.05) is 53.7 Å². The maximum absolute atomic E-state index is 12.9. The summed E-state index contributed by atoms with van der Waals surface area (Å²) in [6.07, 6.45) is 1.89. The van der Waals surface area contributed by atoms with Crippen LogP contribution in [0.1, 0.15) is 11.1 Å². The van der Waals surface area contributed by atoms with E-state index in [0.717, 1.165) is 33.7 Å². The van der Waals surface area contributed by atoms with E-state index in [2.05, 4.69) is 47.6 Å². The topological polar surface area (TPSA) is 77.1 Å². The third-order valence-corrected chi connectivity index (χ3v) is 6.20. The number of fused-ring (bicyclic) bond motifs is 1. The molecule has 0 aliphatic heterocycles. The second-order valence-corrected chi connectivity index (χ2v) is 8.67. The van der Waals surface area contributed by atoms with Crippen LogP contribution in [0.2, 0.25) is 0 Å². The van der Waals surface area contributed by atoms with Crippen molar-refractivity contribution in [1.29, 1.82) is 0 Å². The average molecular weight is 455 g/mol. The molecule has 0 fully saturated rings. The van der Waals surface area contributed by atoms with Crippen molar-refractivity contribution in [2.75, 3.05) is 11.1 Å². The third kappa shape index (κ3) is 4.38. The van der Waals surface area contributed by atoms with E-state index in [1.165, 1.54) is 11.8 Å². The number of thioether (sulfide) groups is 1. The van der Waals surface area contributed by atoms with Crippen LogP contribution < -0.4 is 5.32 Å². The monoisotopic (exact) mass is 454 g/mol. The largest absolute Gasteiger partial charge is 0.310 e. The summed E-state index contributed by atoms with van der Waals surface area (Å²) in [4.78, 5) is 12.9. The molecule has 5 rings (SSSR count). The van der Waals surface area contributed by atoms with Gasteiger partial charge in [-0.25, -0.2) is 4.68 Å². The maximum atomic E-state index is 12.9. The highest BCUT2D eigenvalue weighted by atomic mass is 32.2. The van der Waals surface area contributed by atoms with Crippen molar-refractivity contribution in [2.24, 2.45) is 0 Å². The van der Waals surface area contributed by atoms with Gasteiger partial charge in [0.05, 0.1) is 17.1 Å². The highest BCUT2D eigenvalue weighted by molar-refractivity contribution is 7.99. The van der Waals surface area contributed by atoms with Crippen LogP contribution in [-0.4, -0.2) is 36.0 Å². The molecule has 33 heavy (non-hydrogen) atoms. The molecular weight excluding hydrogens is 432 g/mol. The quantitative estimate of drug-likeness (QED) is 0.368. The molecule has 0 aliphatic rings. The molecule has 3 aromatic heterocycles. The number of nitrogens with zero attached hydrogens (tertiary/aromatic N) is 5. The van der Waals surface area contributed by atoms with Crippen molar-refractivity contribution in [1.82, 2.24) is 24.4 Å². The number of anilines is 1. The molecule has 0 bridgehead atoms. The Morgan fingerprint density at radius 1 is 0.970 bits per heavy atom. The number of hydrogen-bond donors (Lipinski definition) is 1. The molecule has 8 heteroatoms. The van der Waals surface area contributed by atoms with Crippen molar-refractivity contribution >= 4 is 29.1 Å². The van der Waals surface area contributed by atoms with Gasteiger partial charge in [0.15, 0.2) is 10.8 Å². The first-order valence-corrected chi connectivity index (χ1v) is 11.5. The van der Waals surface area contributed by atoms with E-state index in [9.17, 15) is 4.79 Å². The Kier molecular flexibility index (Phi) is 5.66. The highest BCUT2D eigenvalue weighted by Crippen LogP contribution is 2.28. The number of nitrogens with one attached hydrogen (secondary N) is 1. The number of hydrogen-bond acceptors (Lipinski definition) is 5. The zero-order valence-electron chi connectivity index (χ0n) is 18.3. The Morgan fingerprint density at radius 3 is 2.64 bits per heavy atom. The lowest BCUT2D eigenvalue weighted by molar-refractivity contribution is -0.113. The first kappa shape index (κ1) is 21.0. The predicted molar refractivity (Wildman–Crippen MR) is 131 cm³/mol. The number of aromatic nitrogens is 5. The Morgan fingerprint density at radius 2 is 1.79 bits per heavy atom. The number of amides is 1. The van der Waals surface area contributed by atoms with Crippen LogP contribution in [0.25, 0.3) is 22.6 Å². The van der Waals surface area contributed by atoms with E-state index in [1.807, 2.05) is 65.2 Å². The van der Waals surface area contributed by atoms with Crippen molar-refractivity contribution < 1.29 is 4.79 Å². The van der Waals surface area contributed by atoms with Crippen LogP contribution in [0.15, 0.2) is 84.1 Å². The zero-order valence-corrected chi connectivity index (χ0v) is 19.1. The predicted octanol–water partition coefficient (Wildman–Crippen LogP) is 4.93. The summed E-state index contributed by atoms with van der Waals surface area (Å²) in [7, 11) is 0. The summed E-state index contributed by atoms with van der Waals surface area (Å²) in [5, 5.41) is 16.8. The van der Waals surface area contributed by atoms with E-state index in [-0.39, 0.29) is 11.7 Å². The second-order valence-electron chi connectivity index (χ2n) is 7.73. The molecular formula is C25H22N6OS. The highest BCUT2D eigenvalue weighted by Gasteiger charge is 2.16. The lowest BCUT2D eigenvalue weighted by Crippen LogP contribution is -2.17. The first-order chi connectivity index (χ1) is 16.1. The smallest absolute Gasteiger partial charge is 0.236 e. The van der Waals surface area contributed by atoms with E-state index in [4.69, 9.17) is 5.10 Å². The van der Waals surface area contributed by atoms with Gasteiger partial charge in [-0.15, -0.1) is 10.2 Å². The van der Waals surface area contributed by atoms with Crippen LogP contribution in [0.3, 0.4) is 0 Å². The molecule has 1 N–H and O–H groups in total. The summed E-state index contributed by atoms with van der Waals surface area (Å²) in [6, 6.07) is 23.7. The van der Waals surface area contributed by atoms with Crippen molar-refractivity contribution in [3.63, 3.8) is 0 Å². The van der Waals surface area contributed by atoms with Gasteiger partial charge in [-0.05, 0) is 49.7 Å². The van der Waals surface area contributed by atoms with E-state index in [1.54, 1.807) is 4.68 Å². The van der Waals surface area contributed by atoms with Gasteiger partial charge in [0.25, 0.3) is 0 Å². The number of carbonyl (C=O) groups is 1. The van der Waals surface area contributed by atoms with Gasteiger partial charge in [0, 0.05) is 17.8 Å². The molecule has 3 heterocycles. The lowest BCUT2D eigenvalue weighted by Gasteiger charge is -2.08. The number of benzene rings is 2. The Balaban J connectivity index is 1.42. The third-order valence-electron chi connectivity index (χ3n) is 5.26. The normalized spacial score (nSPS) is 11.1. The fourth-order valence-electron chi connectivity index (χ4n) is 3.61. The molecule has 2 aromatic carbocycles. The van der Waals surface area contributed by atoms with Gasteiger partial charge in [0.2, 0.25) is 5.91 Å². The van der Waals surface area contributed by atoms with Crippen LogP contribution in [0.4, 0.5) is 5.82 Å².